The molecule has 1 N–H and O–H groups in total. The van der Waals surface area contributed by atoms with Gasteiger partial charge in [0.25, 0.3) is 0 Å². The third-order valence-electron chi connectivity index (χ3n) is 3.39. The molecular formula is C17H18Cl2O. The smallest absolute Gasteiger partial charge is 0.0909 e. The van der Waals surface area contributed by atoms with Crippen molar-refractivity contribution in [1.29, 1.82) is 0 Å². The Kier molecular flexibility index (Phi) is 4.43. The van der Waals surface area contributed by atoms with Gasteiger partial charge in [0.15, 0.2) is 0 Å². The molecule has 0 aliphatic heterocycles. The fraction of sp³-hybridized carbons (Fsp3) is 0.294. The predicted molar refractivity (Wildman–Crippen MR) is 85.7 cm³/mol. The summed E-state index contributed by atoms with van der Waals surface area (Å²) in [4.78, 5) is 0. The second kappa shape index (κ2) is 5.77. The summed E-state index contributed by atoms with van der Waals surface area (Å²) in [6.07, 6.45) is 0.450. The van der Waals surface area contributed by atoms with E-state index in [0.717, 1.165) is 22.3 Å². The minimum absolute atomic E-state index is 0.450. The van der Waals surface area contributed by atoms with Gasteiger partial charge in [0.05, 0.1) is 5.60 Å². The number of aryl methyl sites for hydroxylation is 2. The van der Waals surface area contributed by atoms with Crippen LogP contribution in [0.4, 0.5) is 0 Å². The van der Waals surface area contributed by atoms with Crippen LogP contribution in [0.25, 0.3) is 0 Å². The summed E-state index contributed by atoms with van der Waals surface area (Å²) in [6.45, 7) is 5.87. The molecule has 0 aromatic heterocycles. The highest BCUT2D eigenvalue weighted by molar-refractivity contribution is 6.35. The summed E-state index contributed by atoms with van der Waals surface area (Å²) in [5.41, 5.74) is 3.11. The molecule has 0 heterocycles. The summed E-state index contributed by atoms with van der Waals surface area (Å²) in [7, 11) is 0. The molecule has 1 atom stereocenters. The minimum atomic E-state index is -0.964. The van der Waals surface area contributed by atoms with Crippen LogP contribution in [-0.2, 0) is 12.0 Å². The molecule has 0 radical (unpaired) electrons. The first-order chi connectivity index (χ1) is 9.28. The first-order valence-electron chi connectivity index (χ1n) is 6.53. The summed E-state index contributed by atoms with van der Waals surface area (Å²) in [5, 5.41) is 12.0. The number of halogens is 2. The maximum Gasteiger partial charge on any atom is 0.0909 e. The highest BCUT2D eigenvalue weighted by atomic mass is 35.5. The maximum atomic E-state index is 10.8. The van der Waals surface area contributed by atoms with Gasteiger partial charge in [0.2, 0.25) is 0 Å². The lowest BCUT2D eigenvalue weighted by molar-refractivity contribution is 0.0575. The number of aliphatic hydroxyl groups is 1. The third-order valence-corrected chi connectivity index (χ3v) is 3.98. The lowest BCUT2D eigenvalue weighted by atomic mass is 9.87. The number of hydrogen-bond donors (Lipinski definition) is 1. The molecule has 0 spiro atoms. The quantitative estimate of drug-likeness (QED) is 0.840. The first kappa shape index (κ1) is 15.4. The largest absolute Gasteiger partial charge is 0.385 e. The summed E-state index contributed by atoms with van der Waals surface area (Å²) >= 11 is 12.1. The Hall–Kier alpha value is -1.02. The molecular weight excluding hydrogens is 291 g/mol. The molecule has 2 aromatic rings. The van der Waals surface area contributed by atoms with E-state index in [4.69, 9.17) is 23.2 Å². The Balaban J connectivity index is 2.34. The van der Waals surface area contributed by atoms with Crippen LogP contribution in [-0.4, -0.2) is 5.11 Å². The van der Waals surface area contributed by atoms with Crippen LogP contribution in [0.1, 0.15) is 29.2 Å². The lowest BCUT2D eigenvalue weighted by Crippen LogP contribution is -2.24. The van der Waals surface area contributed by atoms with Crippen LogP contribution in [0.2, 0.25) is 10.0 Å². The standard InChI is InChI=1S/C17H18Cl2O/c1-11-6-12(2)8-14(7-11)17(3,20)10-13-4-5-15(18)9-16(13)19/h4-9,20H,10H2,1-3H3. The molecule has 0 bridgehead atoms. The topological polar surface area (TPSA) is 20.2 Å². The van der Waals surface area contributed by atoms with Gasteiger partial charge in [-0.25, -0.2) is 0 Å². The minimum Gasteiger partial charge on any atom is -0.385 e. The van der Waals surface area contributed by atoms with Gasteiger partial charge in [0, 0.05) is 16.5 Å². The van der Waals surface area contributed by atoms with Crippen LogP contribution < -0.4 is 0 Å². The lowest BCUT2D eigenvalue weighted by Gasteiger charge is -2.25. The van der Waals surface area contributed by atoms with E-state index in [0.29, 0.717) is 16.5 Å². The molecule has 1 nitrogen and oxygen atoms in total. The molecule has 20 heavy (non-hydrogen) atoms. The van der Waals surface area contributed by atoms with Gasteiger partial charge in [-0.1, -0.05) is 58.6 Å². The SMILES string of the molecule is Cc1cc(C)cc(C(C)(O)Cc2ccc(Cl)cc2Cl)c1. The summed E-state index contributed by atoms with van der Waals surface area (Å²) in [5.74, 6) is 0. The van der Waals surface area contributed by atoms with Crippen molar-refractivity contribution >= 4 is 23.2 Å². The zero-order valence-corrected chi connectivity index (χ0v) is 13.4. The van der Waals surface area contributed by atoms with Crippen molar-refractivity contribution in [3.63, 3.8) is 0 Å². The molecule has 106 valence electrons. The Bertz CT molecular complexity index is 613. The van der Waals surface area contributed by atoms with E-state index in [1.165, 1.54) is 0 Å². The van der Waals surface area contributed by atoms with Gasteiger partial charge < -0.3 is 5.11 Å². The van der Waals surface area contributed by atoms with E-state index in [2.05, 4.69) is 6.07 Å². The van der Waals surface area contributed by atoms with Gasteiger partial charge >= 0.3 is 0 Å². The van der Waals surface area contributed by atoms with E-state index in [-0.39, 0.29) is 0 Å². The normalized spacial score (nSPS) is 14.1. The van der Waals surface area contributed by atoms with Crippen LogP contribution in [0.5, 0.6) is 0 Å². The molecule has 0 aliphatic rings. The van der Waals surface area contributed by atoms with Crippen LogP contribution >= 0.6 is 23.2 Å². The Morgan fingerprint density at radius 3 is 2.15 bits per heavy atom. The summed E-state index contributed by atoms with van der Waals surface area (Å²) < 4.78 is 0. The monoisotopic (exact) mass is 308 g/mol. The fourth-order valence-corrected chi connectivity index (χ4v) is 2.90. The molecule has 0 aliphatic carbocycles. The van der Waals surface area contributed by atoms with E-state index in [9.17, 15) is 5.11 Å². The molecule has 3 heteroatoms. The second-order valence-corrected chi connectivity index (χ2v) is 6.41. The van der Waals surface area contributed by atoms with Gasteiger partial charge in [-0.3, -0.25) is 0 Å². The molecule has 0 amide bonds. The van der Waals surface area contributed by atoms with Crippen molar-refractivity contribution in [2.24, 2.45) is 0 Å². The average molecular weight is 309 g/mol. The zero-order valence-electron chi connectivity index (χ0n) is 11.9. The molecule has 0 fully saturated rings. The Morgan fingerprint density at radius 1 is 1.00 bits per heavy atom. The highest BCUT2D eigenvalue weighted by Crippen LogP contribution is 2.31. The first-order valence-corrected chi connectivity index (χ1v) is 7.28. The second-order valence-electron chi connectivity index (χ2n) is 5.56. The van der Waals surface area contributed by atoms with Crippen molar-refractivity contribution in [2.45, 2.75) is 32.8 Å². The van der Waals surface area contributed by atoms with E-state index in [1.807, 2.05) is 39.0 Å². The highest BCUT2D eigenvalue weighted by Gasteiger charge is 2.25. The van der Waals surface area contributed by atoms with Crippen LogP contribution in [0.3, 0.4) is 0 Å². The van der Waals surface area contributed by atoms with Gasteiger partial charge in [-0.05, 0) is 44.0 Å². The molecule has 2 aromatic carbocycles. The maximum absolute atomic E-state index is 10.8. The van der Waals surface area contributed by atoms with Crippen LogP contribution in [0.15, 0.2) is 36.4 Å². The molecule has 2 rings (SSSR count). The summed E-state index contributed by atoms with van der Waals surface area (Å²) in [6, 6.07) is 11.5. The Morgan fingerprint density at radius 2 is 1.60 bits per heavy atom. The van der Waals surface area contributed by atoms with E-state index in [1.54, 1.807) is 12.1 Å². The molecule has 0 saturated heterocycles. The van der Waals surface area contributed by atoms with Crippen molar-refractivity contribution in [3.8, 4) is 0 Å². The predicted octanol–water partition coefficient (Wildman–Crippen LogP) is 5.06. The van der Waals surface area contributed by atoms with Crippen molar-refractivity contribution in [1.82, 2.24) is 0 Å². The zero-order chi connectivity index (χ0) is 14.9. The molecule has 1 unspecified atom stereocenters. The van der Waals surface area contributed by atoms with Crippen molar-refractivity contribution < 1.29 is 5.11 Å². The van der Waals surface area contributed by atoms with Crippen molar-refractivity contribution in [2.75, 3.05) is 0 Å². The number of hydrogen-bond acceptors (Lipinski definition) is 1. The van der Waals surface area contributed by atoms with Gasteiger partial charge in [-0.15, -0.1) is 0 Å². The van der Waals surface area contributed by atoms with Gasteiger partial charge in [0.1, 0.15) is 0 Å². The van der Waals surface area contributed by atoms with Crippen molar-refractivity contribution in [3.05, 3.63) is 68.7 Å². The average Bonchev–Trinajstić information content (AvgIpc) is 2.31. The van der Waals surface area contributed by atoms with Gasteiger partial charge in [-0.2, -0.15) is 0 Å². The van der Waals surface area contributed by atoms with E-state index >= 15 is 0 Å². The van der Waals surface area contributed by atoms with E-state index < -0.39 is 5.60 Å². The Labute approximate surface area is 130 Å². The fourth-order valence-electron chi connectivity index (χ4n) is 2.42. The number of benzene rings is 2. The van der Waals surface area contributed by atoms with Crippen LogP contribution in [0, 0.1) is 13.8 Å². The molecule has 0 saturated carbocycles. The third kappa shape index (κ3) is 3.54. The number of rotatable bonds is 3.